The second kappa shape index (κ2) is 6.22. The number of anilines is 1. The molecule has 20 heavy (non-hydrogen) atoms. The fourth-order valence-electron chi connectivity index (χ4n) is 2.23. The molecule has 0 amide bonds. The summed E-state index contributed by atoms with van der Waals surface area (Å²) < 4.78 is 38.4. The molecule has 1 aromatic heterocycles. The quantitative estimate of drug-likeness (QED) is 0.932. The van der Waals surface area contributed by atoms with Crippen LogP contribution in [0.15, 0.2) is 12.1 Å². The lowest BCUT2D eigenvalue weighted by atomic mass is 10.2. The van der Waals surface area contributed by atoms with Gasteiger partial charge < -0.3 is 10.6 Å². The first-order valence-electron chi connectivity index (χ1n) is 6.59. The lowest BCUT2D eigenvalue weighted by Crippen LogP contribution is -2.39. The number of pyridine rings is 1. The molecule has 0 radical (unpaired) electrons. The van der Waals surface area contributed by atoms with Gasteiger partial charge in [0.25, 0.3) is 0 Å². The molecule has 0 saturated carbocycles. The van der Waals surface area contributed by atoms with Gasteiger partial charge in [0.1, 0.15) is 11.5 Å². The molecule has 0 aliphatic carbocycles. The summed E-state index contributed by atoms with van der Waals surface area (Å²) in [5, 5.41) is 0.436. The zero-order valence-electron chi connectivity index (χ0n) is 11.3. The lowest BCUT2D eigenvalue weighted by Gasteiger charge is -2.34. The molecule has 0 bridgehead atoms. The minimum Gasteiger partial charge on any atom is -0.354 e. The largest absolute Gasteiger partial charge is 0.433 e. The number of thioether (sulfide) groups is 1. The summed E-state index contributed by atoms with van der Waals surface area (Å²) in [6.07, 6.45) is -3.42. The predicted molar refractivity (Wildman–Crippen MR) is 75.9 cm³/mol. The minimum absolute atomic E-state index is 0.195. The van der Waals surface area contributed by atoms with Crippen LogP contribution in [0.4, 0.5) is 19.0 Å². The highest BCUT2D eigenvalue weighted by Gasteiger charge is 2.34. The average molecular weight is 305 g/mol. The highest BCUT2D eigenvalue weighted by Crippen LogP contribution is 2.32. The van der Waals surface area contributed by atoms with Crippen LogP contribution in [0.25, 0.3) is 0 Å². The molecule has 1 aliphatic heterocycles. The Hall–Kier alpha value is -0.950. The number of rotatable bonds is 3. The van der Waals surface area contributed by atoms with E-state index in [0.29, 0.717) is 23.2 Å². The van der Waals surface area contributed by atoms with Crippen molar-refractivity contribution in [3.8, 4) is 0 Å². The Morgan fingerprint density at radius 1 is 1.45 bits per heavy atom. The summed E-state index contributed by atoms with van der Waals surface area (Å²) >= 11 is 1.86. The van der Waals surface area contributed by atoms with Crippen LogP contribution < -0.4 is 10.6 Å². The highest BCUT2D eigenvalue weighted by atomic mass is 32.2. The first kappa shape index (κ1) is 15.4. The van der Waals surface area contributed by atoms with Crippen LogP contribution in [0.5, 0.6) is 0 Å². The summed E-state index contributed by atoms with van der Waals surface area (Å²) in [4.78, 5) is 5.75. The fourth-order valence-corrected chi connectivity index (χ4v) is 3.41. The second-order valence-corrected chi connectivity index (χ2v) is 6.14. The number of alkyl halides is 3. The number of nitrogens with zero attached hydrogens (tertiary/aromatic N) is 2. The summed E-state index contributed by atoms with van der Waals surface area (Å²) in [7, 11) is 0. The molecule has 1 saturated heterocycles. The smallest absolute Gasteiger partial charge is 0.354 e. The van der Waals surface area contributed by atoms with Crippen molar-refractivity contribution < 1.29 is 13.2 Å². The fraction of sp³-hybridized carbons (Fsp3) is 0.615. The van der Waals surface area contributed by atoms with Gasteiger partial charge in [-0.15, -0.1) is 0 Å². The maximum Gasteiger partial charge on any atom is 0.433 e. The molecule has 1 unspecified atom stereocenters. The normalized spacial score (nSPS) is 20.2. The zero-order valence-corrected chi connectivity index (χ0v) is 12.1. The van der Waals surface area contributed by atoms with Crippen molar-refractivity contribution in [2.45, 2.75) is 31.3 Å². The molecule has 2 N–H and O–H groups in total. The SMILES string of the molecule is CCC1CN(c2nc(C(F)(F)F)ccc2CN)CCS1. The van der Waals surface area contributed by atoms with E-state index in [1.54, 1.807) is 0 Å². The van der Waals surface area contributed by atoms with Crippen molar-refractivity contribution in [2.75, 3.05) is 23.7 Å². The molecule has 0 spiro atoms. The van der Waals surface area contributed by atoms with Gasteiger partial charge in [-0.25, -0.2) is 4.98 Å². The van der Waals surface area contributed by atoms with Gasteiger partial charge in [0.05, 0.1) is 0 Å². The van der Waals surface area contributed by atoms with Gasteiger partial charge in [0.2, 0.25) is 0 Å². The Labute approximate surface area is 120 Å². The summed E-state index contributed by atoms with van der Waals surface area (Å²) in [6, 6.07) is 2.44. The molecule has 1 fully saturated rings. The Bertz CT molecular complexity index is 465. The van der Waals surface area contributed by atoms with E-state index in [4.69, 9.17) is 5.73 Å². The van der Waals surface area contributed by atoms with Crippen molar-refractivity contribution in [1.29, 1.82) is 0 Å². The molecule has 112 valence electrons. The molecule has 7 heteroatoms. The van der Waals surface area contributed by atoms with Crippen molar-refractivity contribution in [2.24, 2.45) is 5.73 Å². The van der Waals surface area contributed by atoms with E-state index in [9.17, 15) is 13.2 Å². The third-order valence-corrected chi connectivity index (χ3v) is 4.73. The second-order valence-electron chi connectivity index (χ2n) is 4.73. The van der Waals surface area contributed by atoms with Crippen LogP contribution in [-0.4, -0.2) is 29.1 Å². The maximum absolute atomic E-state index is 12.8. The predicted octanol–water partition coefficient (Wildman–Crippen LogP) is 2.89. The Balaban J connectivity index is 2.32. The van der Waals surface area contributed by atoms with Crippen LogP contribution in [0, 0.1) is 0 Å². The number of nitrogens with two attached hydrogens (primary N) is 1. The third kappa shape index (κ3) is 3.38. The molecular weight excluding hydrogens is 287 g/mol. The lowest BCUT2D eigenvalue weighted by molar-refractivity contribution is -0.141. The minimum atomic E-state index is -4.42. The summed E-state index contributed by atoms with van der Waals surface area (Å²) in [5.74, 6) is 1.29. The Morgan fingerprint density at radius 3 is 2.80 bits per heavy atom. The van der Waals surface area contributed by atoms with E-state index in [0.717, 1.165) is 24.8 Å². The van der Waals surface area contributed by atoms with E-state index in [1.165, 1.54) is 6.07 Å². The molecule has 3 nitrogen and oxygen atoms in total. The van der Waals surface area contributed by atoms with Crippen molar-refractivity contribution >= 4 is 17.6 Å². The van der Waals surface area contributed by atoms with Gasteiger partial charge >= 0.3 is 6.18 Å². The number of hydrogen-bond donors (Lipinski definition) is 1. The van der Waals surface area contributed by atoms with Crippen LogP contribution >= 0.6 is 11.8 Å². The summed E-state index contributed by atoms with van der Waals surface area (Å²) in [5.41, 5.74) is 5.45. The van der Waals surface area contributed by atoms with E-state index < -0.39 is 11.9 Å². The van der Waals surface area contributed by atoms with E-state index in [2.05, 4.69) is 11.9 Å². The average Bonchev–Trinajstić information content (AvgIpc) is 2.45. The van der Waals surface area contributed by atoms with Gasteiger partial charge in [0.15, 0.2) is 0 Å². The molecule has 1 atom stereocenters. The van der Waals surface area contributed by atoms with E-state index in [-0.39, 0.29) is 6.54 Å². The first-order chi connectivity index (χ1) is 9.45. The van der Waals surface area contributed by atoms with E-state index >= 15 is 0 Å². The van der Waals surface area contributed by atoms with Crippen LogP contribution in [0.3, 0.4) is 0 Å². The molecule has 1 aliphatic rings. The molecular formula is C13H18F3N3S. The summed E-state index contributed by atoms with van der Waals surface area (Å²) in [6.45, 7) is 3.72. The van der Waals surface area contributed by atoms with Gasteiger partial charge in [-0.05, 0) is 12.5 Å². The monoisotopic (exact) mass is 305 g/mol. The molecule has 2 rings (SSSR count). The Kier molecular flexibility index (Phi) is 4.80. The topological polar surface area (TPSA) is 42.2 Å². The zero-order chi connectivity index (χ0) is 14.8. The first-order valence-corrected chi connectivity index (χ1v) is 7.64. The highest BCUT2D eigenvalue weighted by molar-refractivity contribution is 8.00. The van der Waals surface area contributed by atoms with Crippen LogP contribution in [-0.2, 0) is 12.7 Å². The van der Waals surface area contributed by atoms with Gasteiger partial charge in [0, 0.05) is 36.2 Å². The third-order valence-electron chi connectivity index (χ3n) is 3.36. The van der Waals surface area contributed by atoms with Crippen molar-refractivity contribution in [3.63, 3.8) is 0 Å². The van der Waals surface area contributed by atoms with Crippen molar-refractivity contribution in [1.82, 2.24) is 4.98 Å². The van der Waals surface area contributed by atoms with Crippen LogP contribution in [0.2, 0.25) is 0 Å². The van der Waals surface area contributed by atoms with Gasteiger partial charge in [-0.2, -0.15) is 24.9 Å². The molecule has 0 aromatic carbocycles. The number of aromatic nitrogens is 1. The standard InChI is InChI=1S/C13H18F3N3S/c1-2-10-8-19(5-6-20-10)12-9(7-17)3-4-11(18-12)13(14,15)16/h3-4,10H,2,5-8,17H2,1H3. The van der Waals surface area contributed by atoms with E-state index in [1.807, 2.05) is 16.7 Å². The molecule has 2 heterocycles. The number of hydrogen-bond acceptors (Lipinski definition) is 4. The van der Waals surface area contributed by atoms with Gasteiger partial charge in [-0.3, -0.25) is 0 Å². The number of halogens is 3. The maximum atomic E-state index is 12.8. The molecule has 1 aromatic rings. The van der Waals surface area contributed by atoms with Gasteiger partial charge in [-0.1, -0.05) is 13.0 Å². The van der Waals surface area contributed by atoms with Crippen molar-refractivity contribution in [3.05, 3.63) is 23.4 Å². The Morgan fingerprint density at radius 2 is 2.20 bits per heavy atom. The van der Waals surface area contributed by atoms with Crippen LogP contribution in [0.1, 0.15) is 24.6 Å².